The minimum Gasteiger partial charge on any atom is -0.505 e. The SMILES string of the molecule is N=Nc1c(S(=O)(=O)O)cc2cc(NC(=O)Nc3ccc4c(O)c(N=N)c(S(=O)(=O)O)cc4c3)ccc2c1O. The van der Waals surface area contributed by atoms with Gasteiger partial charge in [0.15, 0.2) is 11.5 Å². The lowest BCUT2D eigenvalue weighted by Crippen LogP contribution is -2.19. The van der Waals surface area contributed by atoms with Crippen molar-refractivity contribution in [3.63, 3.8) is 0 Å². The van der Waals surface area contributed by atoms with Gasteiger partial charge in [-0.1, -0.05) is 0 Å². The monoisotopic (exact) mass is 560 g/mol. The van der Waals surface area contributed by atoms with Gasteiger partial charge in [0.05, 0.1) is 0 Å². The fourth-order valence-corrected chi connectivity index (χ4v) is 5.09. The summed E-state index contributed by atoms with van der Waals surface area (Å²) in [6, 6.07) is 9.12. The topological polar surface area (TPSA) is 263 Å². The van der Waals surface area contributed by atoms with E-state index in [-0.39, 0.29) is 32.9 Å². The average Bonchev–Trinajstić information content (AvgIpc) is 2.82. The molecule has 2 amide bonds. The van der Waals surface area contributed by atoms with Gasteiger partial charge in [-0.2, -0.15) is 27.1 Å². The van der Waals surface area contributed by atoms with Crippen LogP contribution in [0, 0.1) is 11.1 Å². The van der Waals surface area contributed by atoms with E-state index in [1.54, 1.807) is 0 Å². The third-order valence-corrected chi connectivity index (χ3v) is 7.13. The minimum absolute atomic E-state index is 0.0925. The number of rotatable bonds is 6. The van der Waals surface area contributed by atoms with Crippen LogP contribution in [0.5, 0.6) is 11.5 Å². The van der Waals surface area contributed by atoms with Crippen molar-refractivity contribution in [2.24, 2.45) is 10.2 Å². The van der Waals surface area contributed by atoms with Crippen LogP contribution in [0.25, 0.3) is 21.5 Å². The Morgan fingerprint density at radius 1 is 0.684 bits per heavy atom. The highest BCUT2D eigenvalue weighted by atomic mass is 32.2. The van der Waals surface area contributed by atoms with Crippen molar-refractivity contribution in [3.8, 4) is 11.5 Å². The largest absolute Gasteiger partial charge is 0.505 e. The van der Waals surface area contributed by atoms with E-state index in [0.717, 1.165) is 12.1 Å². The van der Waals surface area contributed by atoms with Crippen LogP contribution >= 0.6 is 0 Å². The van der Waals surface area contributed by atoms with E-state index in [2.05, 4.69) is 20.9 Å². The molecular formula is C21H16N6O9S2. The summed E-state index contributed by atoms with van der Waals surface area (Å²) in [5.41, 5.74) is 13.2. The third-order valence-electron chi connectivity index (χ3n) is 5.40. The Hall–Kier alpha value is -4.71. The number of aromatic hydroxyl groups is 2. The van der Waals surface area contributed by atoms with E-state index >= 15 is 0 Å². The number of hydrogen-bond donors (Lipinski definition) is 8. The molecule has 17 heteroatoms. The van der Waals surface area contributed by atoms with Gasteiger partial charge in [0, 0.05) is 22.1 Å². The van der Waals surface area contributed by atoms with Crippen LogP contribution in [0.15, 0.2) is 68.6 Å². The van der Waals surface area contributed by atoms with Crippen molar-refractivity contribution in [1.29, 1.82) is 11.1 Å². The molecule has 0 heterocycles. The molecule has 8 N–H and O–H groups in total. The molecule has 0 bridgehead atoms. The fraction of sp³-hybridized carbons (Fsp3) is 0. The lowest BCUT2D eigenvalue weighted by Gasteiger charge is -2.12. The van der Waals surface area contributed by atoms with Crippen molar-refractivity contribution in [3.05, 3.63) is 48.5 Å². The van der Waals surface area contributed by atoms with E-state index < -0.39 is 58.9 Å². The zero-order valence-corrected chi connectivity index (χ0v) is 20.3. The van der Waals surface area contributed by atoms with Crippen LogP contribution in [-0.4, -0.2) is 42.2 Å². The van der Waals surface area contributed by atoms with Crippen molar-refractivity contribution in [1.82, 2.24) is 0 Å². The molecule has 15 nitrogen and oxygen atoms in total. The number of urea groups is 1. The molecule has 0 aromatic heterocycles. The maximum atomic E-state index is 12.6. The molecule has 0 atom stereocenters. The van der Waals surface area contributed by atoms with Gasteiger partial charge in [0.2, 0.25) is 0 Å². The second-order valence-corrected chi connectivity index (χ2v) is 10.5. The third kappa shape index (κ3) is 4.81. The van der Waals surface area contributed by atoms with Crippen molar-refractivity contribution in [2.45, 2.75) is 9.79 Å². The first kappa shape index (κ1) is 26.4. The van der Waals surface area contributed by atoms with Crippen LogP contribution in [0.3, 0.4) is 0 Å². The number of phenols is 2. The second kappa shape index (κ2) is 9.30. The molecule has 4 aromatic carbocycles. The number of nitrogens with zero attached hydrogens (tertiary/aromatic N) is 2. The van der Waals surface area contributed by atoms with Crippen LogP contribution in [0.2, 0.25) is 0 Å². The zero-order valence-electron chi connectivity index (χ0n) is 18.7. The van der Waals surface area contributed by atoms with E-state index in [0.29, 0.717) is 0 Å². The number of anilines is 2. The molecule has 0 radical (unpaired) electrons. The number of amides is 2. The molecule has 0 spiro atoms. The second-order valence-electron chi connectivity index (χ2n) is 7.77. The molecule has 0 saturated carbocycles. The standard InChI is InChI=1S/C21H16N6O9S2/c22-26-17-15(37(31,32)33)7-9-5-11(1-3-13(9)19(17)28)24-21(30)25-12-2-4-14-10(6-12)8-16(38(34,35)36)18(27-23)20(14)29/h1-8,22-23,28-29H,(H2,24,25,30)(H,31,32,33)(H,34,35,36). The highest BCUT2D eigenvalue weighted by Gasteiger charge is 2.23. The lowest BCUT2D eigenvalue weighted by atomic mass is 10.1. The summed E-state index contributed by atoms with van der Waals surface area (Å²) in [4.78, 5) is 11.0. The average molecular weight is 561 g/mol. The van der Waals surface area contributed by atoms with Gasteiger partial charge in [-0.15, -0.1) is 0 Å². The van der Waals surface area contributed by atoms with Gasteiger partial charge in [-0.3, -0.25) is 9.11 Å². The van der Waals surface area contributed by atoms with Gasteiger partial charge in [-0.25, -0.2) is 15.9 Å². The number of fused-ring (bicyclic) bond motifs is 2. The molecule has 4 aromatic rings. The summed E-state index contributed by atoms with van der Waals surface area (Å²) in [6.45, 7) is 0. The Morgan fingerprint density at radius 2 is 1.05 bits per heavy atom. The molecule has 0 aliphatic carbocycles. The maximum absolute atomic E-state index is 12.6. The Bertz CT molecular complexity index is 1770. The molecule has 0 unspecified atom stereocenters. The molecule has 0 fully saturated rings. The summed E-state index contributed by atoms with van der Waals surface area (Å²) in [5, 5.41) is 31.8. The highest BCUT2D eigenvalue weighted by Crippen LogP contribution is 2.42. The smallest absolute Gasteiger partial charge is 0.323 e. The number of phenolic OH excluding ortho intramolecular Hbond substituents is 2. The van der Waals surface area contributed by atoms with E-state index in [9.17, 15) is 40.9 Å². The van der Waals surface area contributed by atoms with E-state index in [4.69, 9.17) is 11.1 Å². The molecular weight excluding hydrogens is 544 g/mol. The summed E-state index contributed by atoms with van der Waals surface area (Å²) < 4.78 is 65.4. The highest BCUT2D eigenvalue weighted by molar-refractivity contribution is 7.86. The predicted molar refractivity (Wildman–Crippen MR) is 133 cm³/mol. The van der Waals surface area contributed by atoms with Gasteiger partial charge < -0.3 is 20.8 Å². The molecule has 0 aliphatic heterocycles. The Labute approximate surface area is 213 Å². The molecule has 4 rings (SSSR count). The van der Waals surface area contributed by atoms with Gasteiger partial charge in [0.25, 0.3) is 20.2 Å². The number of carbonyl (C=O) groups is 1. The van der Waals surface area contributed by atoms with Gasteiger partial charge >= 0.3 is 6.03 Å². The minimum atomic E-state index is -4.83. The predicted octanol–water partition coefficient (Wildman–Crippen LogP) is 4.87. The van der Waals surface area contributed by atoms with Crippen molar-refractivity contribution >= 4 is 70.6 Å². The molecule has 0 saturated heterocycles. The van der Waals surface area contributed by atoms with E-state index in [1.807, 2.05) is 0 Å². The number of benzene rings is 4. The van der Waals surface area contributed by atoms with Gasteiger partial charge in [0.1, 0.15) is 21.2 Å². The first-order valence-corrected chi connectivity index (χ1v) is 13.0. The van der Waals surface area contributed by atoms with Crippen LogP contribution in [-0.2, 0) is 20.2 Å². The number of carbonyl (C=O) groups excluding carboxylic acids is 1. The van der Waals surface area contributed by atoms with Crippen molar-refractivity contribution in [2.75, 3.05) is 10.6 Å². The molecule has 196 valence electrons. The summed E-state index contributed by atoms with van der Waals surface area (Å²) in [7, 11) is -9.67. The quantitative estimate of drug-likeness (QED) is 0.118. The van der Waals surface area contributed by atoms with Crippen LogP contribution < -0.4 is 10.6 Å². The zero-order chi connectivity index (χ0) is 28.0. The van der Waals surface area contributed by atoms with Crippen molar-refractivity contribution < 1.29 is 40.9 Å². The lowest BCUT2D eigenvalue weighted by molar-refractivity contribution is 0.262. The molecule has 0 aliphatic rings. The van der Waals surface area contributed by atoms with Crippen LogP contribution in [0.1, 0.15) is 0 Å². The van der Waals surface area contributed by atoms with E-state index in [1.165, 1.54) is 36.4 Å². The number of hydrogen-bond acceptors (Lipinski definition) is 11. The summed E-state index contributed by atoms with van der Waals surface area (Å²) in [6.07, 6.45) is 0. The Balaban J connectivity index is 1.66. The first-order chi connectivity index (χ1) is 17.7. The number of nitrogens with one attached hydrogen (secondary N) is 4. The normalized spacial score (nSPS) is 11.8. The van der Waals surface area contributed by atoms with Gasteiger partial charge in [-0.05, 0) is 59.3 Å². The fourth-order valence-electron chi connectivity index (χ4n) is 3.76. The first-order valence-electron chi connectivity index (χ1n) is 10.1. The summed E-state index contributed by atoms with van der Waals surface area (Å²) in [5.74, 6) is -1.32. The Morgan fingerprint density at radius 3 is 1.37 bits per heavy atom. The summed E-state index contributed by atoms with van der Waals surface area (Å²) >= 11 is 0. The molecule has 38 heavy (non-hydrogen) atoms. The maximum Gasteiger partial charge on any atom is 0.323 e. The van der Waals surface area contributed by atoms with Crippen LogP contribution in [0.4, 0.5) is 27.5 Å². The Kier molecular flexibility index (Phi) is 6.45.